The average Bonchev–Trinajstić information content (AvgIpc) is 3.23. The van der Waals surface area contributed by atoms with E-state index in [1.54, 1.807) is 0 Å². The van der Waals surface area contributed by atoms with Crippen molar-refractivity contribution in [1.29, 1.82) is 0 Å². The van der Waals surface area contributed by atoms with Gasteiger partial charge in [0, 0.05) is 36.5 Å². The first-order chi connectivity index (χ1) is 15.8. The maximum Gasteiger partial charge on any atom is 0.0458 e. The summed E-state index contributed by atoms with van der Waals surface area (Å²) in [5.74, 6) is 0.903. The fourth-order valence-corrected chi connectivity index (χ4v) is 6.65. The molecule has 6 aromatic rings. The Morgan fingerprint density at radius 2 is 1.47 bits per heavy atom. The number of nitrogens with two attached hydrogens (primary N) is 1. The summed E-state index contributed by atoms with van der Waals surface area (Å²) in [6.07, 6.45) is 0. The van der Waals surface area contributed by atoms with Crippen LogP contribution >= 0.6 is 23.1 Å². The van der Waals surface area contributed by atoms with Gasteiger partial charge in [0.25, 0.3) is 0 Å². The molecule has 2 N–H and O–H groups in total. The fourth-order valence-electron chi connectivity index (χ4n) is 4.34. The SMILES string of the molecule is Nc1ccc2ccc(-c3cccc4c3sc3ccccc34)cc2c1SCc1ccccc1. The Morgan fingerprint density at radius 3 is 2.38 bits per heavy atom. The minimum absolute atomic E-state index is 0.843. The van der Waals surface area contributed by atoms with Crippen LogP contribution in [0.1, 0.15) is 5.56 Å². The van der Waals surface area contributed by atoms with E-state index in [1.807, 2.05) is 29.2 Å². The quantitative estimate of drug-likeness (QED) is 0.216. The summed E-state index contributed by atoms with van der Waals surface area (Å²) in [6, 6.07) is 36.8. The lowest BCUT2D eigenvalue weighted by atomic mass is 9.99. The maximum absolute atomic E-state index is 6.46. The lowest BCUT2D eigenvalue weighted by Gasteiger charge is -2.12. The van der Waals surface area contributed by atoms with Crippen molar-refractivity contribution in [2.24, 2.45) is 0 Å². The van der Waals surface area contributed by atoms with Crippen LogP contribution in [0.3, 0.4) is 0 Å². The third-order valence-corrected chi connectivity index (χ3v) is 8.39. The summed E-state index contributed by atoms with van der Waals surface area (Å²) in [7, 11) is 0. The largest absolute Gasteiger partial charge is 0.398 e. The van der Waals surface area contributed by atoms with Gasteiger partial charge in [-0.15, -0.1) is 23.1 Å². The van der Waals surface area contributed by atoms with E-state index in [0.717, 1.165) is 16.3 Å². The lowest BCUT2D eigenvalue weighted by molar-refractivity contribution is 1.40. The van der Waals surface area contributed by atoms with Crippen molar-refractivity contribution >= 4 is 59.7 Å². The zero-order chi connectivity index (χ0) is 21.5. The van der Waals surface area contributed by atoms with Crippen molar-refractivity contribution in [1.82, 2.24) is 0 Å². The Bertz CT molecular complexity index is 1580. The Labute approximate surface area is 195 Å². The predicted molar refractivity (Wildman–Crippen MR) is 143 cm³/mol. The molecule has 154 valence electrons. The molecule has 0 saturated carbocycles. The van der Waals surface area contributed by atoms with Crippen molar-refractivity contribution in [2.75, 3.05) is 5.73 Å². The van der Waals surface area contributed by atoms with E-state index in [0.29, 0.717) is 0 Å². The van der Waals surface area contributed by atoms with Gasteiger partial charge >= 0.3 is 0 Å². The topological polar surface area (TPSA) is 26.0 Å². The fraction of sp³-hybridized carbons (Fsp3) is 0.0345. The van der Waals surface area contributed by atoms with Gasteiger partial charge in [-0.05, 0) is 45.7 Å². The van der Waals surface area contributed by atoms with Gasteiger partial charge in [-0.2, -0.15) is 0 Å². The molecule has 0 amide bonds. The summed E-state index contributed by atoms with van der Waals surface area (Å²) in [5.41, 5.74) is 11.1. The van der Waals surface area contributed by atoms with Gasteiger partial charge in [0.05, 0.1) is 0 Å². The zero-order valence-corrected chi connectivity index (χ0v) is 19.0. The van der Waals surface area contributed by atoms with E-state index in [2.05, 4.69) is 97.1 Å². The van der Waals surface area contributed by atoms with Crippen LogP contribution in [0.5, 0.6) is 0 Å². The molecule has 0 aliphatic heterocycles. The molecule has 0 fully saturated rings. The van der Waals surface area contributed by atoms with Gasteiger partial charge in [0.15, 0.2) is 0 Å². The highest BCUT2D eigenvalue weighted by Gasteiger charge is 2.12. The van der Waals surface area contributed by atoms with Crippen molar-refractivity contribution in [2.45, 2.75) is 10.6 Å². The van der Waals surface area contributed by atoms with Crippen LogP contribution in [0.25, 0.3) is 42.1 Å². The first kappa shape index (κ1) is 19.4. The third-order valence-electron chi connectivity index (χ3n) is 5.94. The van der Waals surface area contributed by atoms with Crippen molar-refractivity contribution in [3.63, 3.8) is 0 Å². The molecule has 0 radical (unpaired) electrons. The van der Waals surface area contributed by atoms with Crippen LogP contribution < -0.4 is 5.73 Å². The molecule has 32 heavy (non-hydrogen) atoms. The first-order valence-corrected chi connectivity index (χ1v) is 12.5. The number of thiophene rings is 1. The minimum atomic E-state index is 0.843. The maximum atomic E-state index is 6.46. The molecule has 0 aliphatic rings. The van der Waals surface area contributed by atoms with Crippen molar-refractivity contribution < 1.29 is 0 Å². The zero-order valence-electron chi connectivity index (χ0n) is 17.4. The number of thioether (sulfide) groups is 1. The van der Waals surface area contributed by atoms with Crippen LogP contribution in [0, 0.1) is 0 Å². The number of rotatable bonds is 4. The van der Waals surface area contributed by atoms with Crippen LogP contribution in [0.2, 0.25) is 0 Å². The van der Waals surface area contributed by atoms with Crippen LogP contribution in [-0.4, -0.2) is 0 Å². The molecule has 0 atom stereocenters. The van der Waals surface area contributed by atoms with E-state index < -0.39 is 0 Å². The van der Waals surface area contributed by atoms with Crippen LogP contribution in [-0.2, 0) is 5.75 Å². The second-order valence-electron chi connectivity index (χ2n) is 7.97. The van der Waals surface area contributed by atoms with E-state index in [-0.39, 0.29) is 0 Å². The molecule has 1 nitrogen and oxygen atoms in total. The van der Waals surface area contributed by atoms with Gasteiger partial charge in [-0.1, -0.05) is 84.9 Å². The molecule has 0 bridgehead atoms. The smallest absolute Gasteiger partial charge is 0.0458 e. The Balaban J connectivity index is 1.49. The summed E-state index contributed by atoms with van der Waals surface area (Å²) in [4.78, 5) is 1.16. The third kappa shape index (κ3) is 3.35. The number of anilines is 1. The van der Waals surface area contributed by atoms with Crippen LogP contribution in [0.4, 0.5) is 5.69 Å². The van der Waals surface area contributed by atoms with Crippen LogP contribution in [0.15, 0.2) is 108 Å². The van der Waals surface area contributed by atoms with Gasteiger partial charge in [-0.3, -0.25) is 0 Å². The van der Waals surface area contributed by atoms with E-state index in [1.165, 1.54) is 47.6 Å². The monoisotopic (exact) mass is 447 g/mol. The molecule has 5 aromatic carbocycles. The molecule has 1 heterocycles. The molecular weight excluding hydrogens is 426 g/mol. The highest BCUT2D eigenvalue weighted by Crippen LogP contribution is 2.42. The summed E-state index contributed by atoms with van der Waals surface area (Å²) >= 11 is 3.69. The highest BCUT2D eigenvalue weighted by atomic mass is 32.2. The molecule has 0 unspecified atom stereocenters. The standard InChI is InChI=1S/C29H21NS2/c30-26-16-15-20-13-14-21(17-25(20)29(26)31-18-19-7-2-1-3-8-19)22-10-6-11-24-23-9-4-5-12-27(23)32-28(22)24/h1-17H,18,30H2. The van der Waals surface area contributed by atoms with Crippen molar-refractivity contribution in [3.8, 4) is 11.1 Å². The van der Waals surface area contributed by atoms with Gasteiger partial charge in [0.1, 0.15) is 0 Å². The second-order valence-corrected chi connectivity index (χ2v) is 10.0. The minimum Gasteiger partial charge on any atom is -0.398 e. The van der Waals surface area contributed by atoms with Gasteiger partial charge in [0.2, 0.25) is 0 Å². The van der Waals surface area contributed by atoms with Crippen molar-refractivity contribution in [3.05, 3.63) is 109 Å². The lowest BCUT2D eigenvalue weighted by Crippen LogP contribution is -1.91. The van der Waals surface area contributed by atoms with E-state index >= 15 is 0 Å². The molecule has 3 heteroatoms. The summed E-state index contributed by atoms with van der Waals surface area (Å²) < 4.78 is 2.68. The molecule has 0 spiro atoms. The van der Waals surface area contributed by atoms with Gasteiger partial charge in [-0.25, -0.2) is 0 Å². The summed E-state index contributed by atoms with van der Waals surface area (Å²) in [6.45, 7) is 0. The molecule has 1 aromatic heterocycles. The number of hydrogen-bond donors (Lipinski definition) is 1. The Kier molecular flexibility index (Phi) is 4.86. The summed E-state index contributed by atoms with van der Waals surface area (Å²) in [5, 5.41) is 5.11. The number of fused-ring (bicyclic) bond motifs is 4. The molecule has 0 saturated heterocycles. The van der Waals surface area contributed by atoms with E-state index in [4.69, 9.17) is 5.73 Å². The number of hydrogen-bond acceptors (Lipinski definition) is 3. The van der Waals surface area contributed by atoms with Gasteiger partial charge < -0.3 is 5.73 Å². The predicted octanol–water partition coefficient (Wildman–Crippen LogP) is 8.75. The molecular formula is C29H21NS2. The molecule has 6 rings (SSSR count). The average molecular weight is 448 g/mol. The Morgan fingerprint density at radius 1 is 0.688 bits per heavy atom. The second kappa shape index (κ2) is 8.01. The first-order valence-electron chi connectivity index (χ1n) is 10.7. The normalized spacial score (nSPS) is 11.5. The highest BCUT2D eigenvalue weighted by molar-refractivity contribution is 7.99. The molecule has 0 aliphatic carbocycles. The Hall–Kier alpha value is -3.27. The number of benzene rings is 5. The van der Waals surface area contributed by atoms with E-state index in [9.17, 15) is 0 Å². The number of nitrogen functional groups attached to an aromatic ring is 1.